The average Bonchev–Trinajstić information content (AvgIpc) is 2.65. The summed E-state index contributed by atoms with van der Waals surface area (Å²) in [5, 5.41) is 0.680. The fourth-order valence-corrected chi connectivity index (χ4v) is 2.77. The lowest BCUT2D eigenvalue weighted by molar-refractivity contribution is 0.323. The summed E-state index contributed by atoms with van der Waals surface area (Å²) in [6.45, 7) is 0. The van der Waals surface area contributed by atoms with Crippen LogP contribution in [0.15, 0.2) is 45.6 Å². The summed E-state index contributed by atoms with van der Waals surface area (Å²) in [5.74, 6) is 1.89. The van der Waals surface area contributed by atoms with E-state index in [2.05, 4.69) is 0 Å². The van der Waals surface area contributed by atoms with Crippen LogP contribution in [0.25, 0.3) is 22.1 Å². The van der Waals surface area contributed by atoms with E-state index < -0.39 is 5.63 Å². The third-order valence-electron chi connectivity index (χ3n) is 3.94. The molecule has 0 N–H and O–H groups in total. The predicted molar refractivity (Wildman–Crippen MR) is 94.1 cm³/mol. The number of hydrogen-bond acceptors (Lipinski definition) is 6. The van der Waals surface area contributed by atoms with Gasteiger partial charge in [-0.25, -0.2) is 4.79 Å². The summed E-state index contributed by atoms with van der Waals surface area (Å²) >= 11 is 0. The van der Waals surface area contributed by atoms with Crippen LogP contribution in [-0.2, 0) is 0 Å². The molecular formula is C19H18O6. The number of fused-ring (bicyclic) bond motifs is 1. The van der Waals surface area contributed by atoms with Crippen molar-refractivity contribution < 1.29 is 23.4 Å². The van der Waals surface area contributed by atoms with Crippen LogP contribution >= 0.6 is 0 Å². The van der Waals surface area contributed by atoms with Gasteiger partial charge in [0.25, 0.3) is 0 Å². The second-order valence-corrected chi connectivity index (χ2v) is 5.23. The highest BCUT2D eigenvalue weighted by atomic mass is 16.5. The zero-order valence-corrected chi connectivity index (χ0v) is 14.4. The molecule has 0 fully saturated rings. The number of ether oxygens (including phenoxy) is 4. The van der Waals surface area contributed by atoms with Crippen LogP contribution in [0.2, 0.25) is 0 Å². The minimum atomic E-state index is -0.483. The van der Waals surface area contributed by atoms with Gasteiger partial charge in [0.2, 0.25) is 11.5 Å². The van der Waals surface area contributed by atoms with Gasteiger partial charge in [0.1, 0.15) is 5.75 Å². The first-order chi connectivity index (χ1) is 12.1. The molecule has 0 bridgehead atoms. The lowest BCUT2D eigenvalue weighted by Crippen LogP contribution is -2.02. The fraction of sp³-hybridized carbons (Fsp3) is 0.211. The third kappa shape index (κ3) is 2.87. The van der Waals surface area contributed by atoms with Crippen molar-refractivity contribution in [3.05, 3.63) is 46.8 Å². The van der Waals surface area contributed by atoms with Gasteiger partial charge in [-0.1, -0.05) is 12.1 Å². The lowest BCUT2D eigenvalue weighted by atomic mass is 10.0. The third-order valence-corrected chi connectivity index (χ3v) is 3.94. The highest BCUT2D eigenvalue weighted by Gasteiger charge is 2.21. The maximum Gasteiger partial charge on any atom is 0.336 e. The van der Waals surface area contributed by atoms with E-state index in [0.29, 0.717) is 33.8 Å². The fourth-order valence-electron chi connectivity index (χ4n) is 2.77. The molecule has 0 aliphatic heterocycles. The lowest BCUT2D eigenvalue weighted by Gasteiger charge is -2.15. The van der Waals surface area contributed by atoms with Crippen LogP contribution in [0.1, 0.15) is 0 Å². The SMILES string of the molecule is COc1ccc(-c2cc(=O)oc3c(OC)c(OC)c(OC)cc23)cc1. The van der Waals surface area contributed by atoms with Gasteiger partial charge in [-0.05, 0) is 23.8 Å². The molecule has 130 valence electrons. The van der Waals surface area contributed by atoms with Crippen LogP contribution in [0.3, 0.4) is 0 Å². The van der Waals surface area contributed by atoms with Crippen molar-refractivity contribution in [2.75, 3.05) is 28.4 Å². The Morgan fingerprint density at radius 1 is 0.800 bits per heavy atom. The van der Waals surface area contributed by atoms with E-state index in [1.165, 1.54) is 27.4 Å². The van der Waals surface area contributed by atoms with E-state index in [0.717, 1.165) is 11.3 Å². The second kappa shape index (κ2) is 6.76. The minimum Gasteiger partial charge on any atom is -0.497 e. The maximum atomic E-state index is 12.1. The molecular weight excluding hydrogens is 324 g/mol. The van der Waals surface area contributed by atoms with E-state index in [1.54, 1.807) is 13.2 Å². The summed E-state index contributed by atoms with van der Waals surface area (Å²) in [7, 11) is 6.12. The molecule has 6 heteroatoms. The van der Waals surface area contributed by atoms with Gasteiger partial charge < -0.3 is 23.4 Å². The molecule has 0 aliphatic rings. The molecule has 0 radical (unpaired) electrons. The van der Waals surface area contributed by atoms with Crippen LogP contribution in [0, 0.1) is 0 Å². The van der Waals surface area contributed by atoms with Crippen molar-refractivity contribution in [3.8, 4) is 34.1 Å². The Balaban J connectivity index is 2.37. The van der Waals surface area contributed by atoms with Gasteiger partial charge in [-0.3, -0.25) is 0 Å². The van der Waals surface area contributed by atoms with E-state index in [9.17, 15) is 4.79 Å². The van der Waals surface area contributed by atoms with Crippen molar-refractivity contribution in [1.29, 1.82) is 0 Å². The molecule has 0 amide bonds. The second-order valence-electron chi connectivity index (χ2n) is 5.23. The molecule has 0 saturated heterocycles. The smallest absolute Gasteiger partial charge is 0.336 e. The molecule has 2 aromatic carbocycles. The number of benzene rings is 2. The molecule has 0 aliphatic carbocycles. The number of rotatable bonds is 5. The molecule has 3 aromatic rings. The Hall–Kier alpha value is -3.15. The summed E-state index contributed by atoms with van der Waals surface area (Å²) in [4.78, 5) is 12.1. The Kier molecular flexibility index (Phi) is 4.52. The summed E-state index contributed by atoms with van der Waals surface area (Å²) < 4.78 is 26.7. The van der Waals surface area contributed by atoms with Gasteiger partial charge in [-0.2, -0.15) is 0 Å². The Bertz CT molecular complexity index is 956. The van der Waals surface area contributed by atoms with Crippen LogP contribution in [-0.4, -0.2) is 28.4 Å². The zero-order valence-electron chi connectivity index (χ0n) is 14.4. The maximum absolute atomic E-state index is 12.1. The molecule has 3 rings (SSSR count). The van der Waals surface area contributed by atoms with E-state index in [1.807, 2.05) is 24.3 Å². The number of hydrogen-bond donors (Lipinski definition) is 0. The predicted octanol–water partition coefficient (Wildman–Crippen LogP) is 3.49. The van der Waals surface area contributed by atoms with E-state index in [-0.39, 0.29) is 0 Å². The first-order valence-corrected chi connectivity index (χ1v) is 7.54. The molecule has 0 unspecified atom stereocenters. The van der Waals surface area contributed by atoms with Gasteiger partial charge in [-0.15, -0.1) is 0 Å². The first kappa shape index (κ1) is 16.7. The molecule has 6 nitrogen and oxygen atoms in total. The molecule has 0 atom stereocenters. The zero-order chi connectivity index (χ0) is 18.0. The van der Waals surface area contributed by atoms with Crippen LogP contribution in [0.4, 0.5) is 0 Å². The van der Waals surface area contributed by atoms with Crippen molar-refractivity contribution in [3.63, 3.8) is 0 Å². The van der Waals surface area contributed by atoms with Crippen molar-refractivity contribution in [1.82, 2.24) is 0 Å². The number of methoxy groups -OCH3 is 4. The van der Waals surface area contributed by atoms with Gasteiger partial charge in [0.15, 0.2) is 11.3 Å². The van der Waals surface area contributed by atoms with Gasteiger partial charge in [0, 0.05) is 17.0 Å². The molecule has 25 heavy (non-hydrogen) atoms. The Morgan fingerprint density at radius 2 is 1.48 bits per heavy atom. The highest BCUT2D eigenvalue weighted by molar-refractivity contribution is 5.99. The monoisotopic (exact) mass is 342 g/mol. The Morgan fingerprint density at radius 3 is 2.04 bits per heavy atom. The van der Waals surface area contributed by atoms with Crippen molar-refractivity contribution in [2.24, 2.45) is 0 Å². The van der Waals surface area contributed by atoms with Crippen molar-refractivity contribution in [2.45, 2.75) is 0 Å². The van der Waals surface area contributed by atoms with E-state index >= 15 is 0 Å². The first-order valence-electron chi connectivity index (χ1n) is 7.54. The Labute approximate surface area is 144 Å². The van der Waals surface area contributed by atoms with Crippen LogP contribution in [0.5, 0.6) is 23.0 Å². The van der Waals surface area contributed by atoms with Gasteiger partial charge in [0.05, 0.1) is 28.4 Å². The largest absolute Gasteiger partial charge is 0.497 e. The van der Waals surface area contributed by atoms with E-state index in [4.69, 9.17) is 23.4 Å². The minimum absolute atomic E-state index is 0.304. The van der Waals surface area contributed by atoms with Crippen LogP contribution < -0.4 is 24.6 Å². The average molecular weight is 342 g/mol. The molecule has 1 heterocycles. The normalized spacial score (nSPS) is 10.6. The summed E-state index contributed by atoms with van der Waals surface area (Å²) in [6, 6.07) is 10.6. The van der Waals surface area contributed by atoms with Crippen molar-refractivity contribution >= 4 is 11.0 Å². The quantitative estimate of drug-likeness (QED) is 0.661. The topological polar surface area (TPSA) is 67.1 Å². The standard InChI is InChI=1S/C19H18O6/c1-21-12-7-5-11(6-8-12)13-10-16(20)25-17-14(13)9-15(22-2)18(23-3)19(17)24-4/h5-10H,1-4H3. The molecule has 0 spiro atoms. The summed E-state index contributed by atoms with van der Waals surface area (Å²) in [6.07, 6.45) is 0. The highest BCUT2D eigenvalue weighted by Crippen LogP contribution is 2.45. The molecule has 1 aromatic heterocycles. The van der Waals surface area contributed by atoms with Gasteiger partial charge >= 0.3 is 5.63 Å². The summed E-state index contributed by atoms with van der Waals surface area (Å²) in [5.41, 5.74) is 1.36. The molecule has 0 saturated carbocycles.